The van der Waals surface area contributed by atoms with Crippen LogP contribution >= 0.6 is 0 Å². The minimum atomic E-state index is -0.734. The van der Waals surface area contributed by atoms with Gasteiger partial charge in [0.15, 0.2) is 5.75 Å². The van der Waals surface area contributed by atoms with Gasteiger partial charge in [0, 0.05) is 19.0 Å². The molecule has 1 heterocycles. The molecule has 0 aliphatic carbocycles. The number of carbonyl (C=O) groups excluding carboxylic acids is 4. The number of nitrogens with one attached hydrogen (secondary N) is 1. The number of methoxy groups -OCH3 is 1. The normalized spacial score (nSPS) is 12.5. The number of anilines is 1. The molecule has 2 aromatic rings. The summed E-state index contributed by atoms with van der Waals surface area (Å²) in [5, 5.41) is 23.8. The molecule has 2 aromatic carbocycles. The lowest BCUT2D eigenvalue weighted by molar-refractivity contribution is -0.385. The predicted octanol–water partition coefficient (Wildman–Crippen LogP) is 2.88. The number of unbranched alkanes of at least 4 members (excludes halogenated alkanes) is 2. The molecule has 0 unspecified atom stereocenters. The van der Waals surface area contributed by atoms with Crippen molar-refractivity contribution in [3.8, 4) is 5.75 Å². The van der Waals surface area contributed by atoms with Crippen molar-refractivity contribution in [3.63, 3.8) is 0 Å². The molecule has 11 heteroatoms. The summed E-state index contributed by atoms with van der Waals surface area (Å²) in [7, 11) is 1.18. The Kier molecular flexibility index (Phi) is 7.01. The van der Waals surface area contributed by atoms with E-state index < -0.39 is 34.1 Å². The third-order valence-electron chi connectivity index (χ3n) is 5.17. The van der Waals surface area contributed by atoms with Crippen LogP contribution in [0.1, 0.15) is 56.8 Å². The number of benzene rings is 2. The van der Waals surface area contributed by atoms with Gasteiger partial charge in [0.05, 0.1) is 23.3 Å². The number of hydrogen-bond donors (Lipinski definition) is 2. The molecular formula is C22H21N3O8. The van der Waals surface area contributed by atoms with E-state index in [-0.39, 0.29) is 41.3 Å². The number of hydrogen-bond acceptors (Lipinski definition) is 8. The maximum absolute atomic E-state index is 12.5. The van der Waals surface area contributed by atoms with E-state index in [4.69, 9.17) is 0 Å². The summed E-state index contributed by atoms with van der Waals surface area (Å²) in [6.07, 6.45) is 1.47. The highest BCUT2D eigenvalue weighted by Crippen LogP contribution is 2.31. The highest BCUT2D eigenvalue weighted by molar-refractivity contribution is 6.23. The van der Waals surface area contributed by atoms with Gasteiger partial charge in [0.1, 0.15) is 11.1 Å². The van der Waals surface area contributed by atoms with Gasteiger partial charge >= 0.3 is 5.97 Å². The van der Waals surface area contributed by atoms with Crippen molar-refractivity contribution in [3.05, 3.63) is 63.2 Å². The number of nitrogens with zero attached hydrogens (tertiary/aromatic N) is 2. The van der Waals surface area contributed by atoms with Crippen LogP contribution in [0, 0.1) is 10.1 Å². The molecule has 2 N–H and O–H groups in total. The van der Waals surface area contributed by atoms with Crippen molar-refractivity contribution in [2.75, 3.05) is 19.0 Å². The number of para-hydroxylation sites is 1. The van der Waals surface area contributed by atoms with Crippen molar-refractivity contribution in [1.29, 1.82) is 0 Å². The van der Waals surface area contributed by atoms with E-state index in [9.17, 15) is 34.4 Å². The smallest absolute Gasteiger partial charge is 0.341 e. The van der Waals surface area contributed by atoms with Crippen molar-refractivity contribution in [1.82, 2.24) is 4.90 Å². The Morgan fingerprint density at radius 3 is 2.52 bits per heavy atom. The molecule has 11 nitrogen and oxygen atoms in total. The number of fused-ring (bicyclic) bond motifs is 1. The van der Waals surface area contributed by atoms with Crippen molar-refractivity contribution < 1.29 is 33.9 Å². The first-order valence-electron chi connectivity index (χ1n) is 10.1. The molecule has 3 rings (SSSR count). The second kappa shape index (κ2) is 9.90. The summed E-state index contributed by atoms with van der Waals surface area (Å²) >= 11 is 0. The molecular weight excluding hydrogens is 434 g/mol. The van der Waals surface area contributed by atoms with Crippen LogP contribution < -0.4 is 5.32 Å². The third kappa shape index (κ3) is 4.81. The van der Waals surface area contributed by atoms with Gasteiger partial charge in [-0.3, -0.25) is 29.4 Å². The lowest BCUT2D eigenvalue weighted by Gasteiger charge is -2.13. The maximum Gasteiger partial charge on any atom is 0.341 e. The molecule has 0 spiro atoms. The summed E-state index contributed by atoms with van der Waals surface area (Å²) in [5.41, 5.74) is -0.569. The molecule has 0 bridgehead atoms. The van der Waals surface area contributed by atoms with E-state index in [0.717, 1.165) is 4.90 Å². The standard InChI is InChI=1S/C22H21N3O8/c1-33-22(30)14-8-5-9-15(19(14)27)23-17(26)11-3-2-4-12-24-20(28)13-7-6-10-16(25(31)32)18(13)21(24)29/h5-10,27H,2-4,11-12H2,1H3,(H,23,26). The minimum Gasteiger partial charge on any atom is -0.505 e. The van der Waals surface area contributed by atoms with Gasteiger partial charge in [-0.2, -0.15) is 0 Å². The Hall–Kier alpha value is -4.28. The van der Waals surface area contributed by atoms with E-state index in [2.05, 4.69) is 10.1 Å². The highest BCUT2D eigenvalue weighted by Gasteiger charge is 2.40. The van der Waals surface area contributed by atoms with E-state index in [1.165, 1.54) is 43.5 Å². The lowest BCUT2D eigenvalue weighted by atomic mass is 10.1. The number of aromatic hydroxyl groups is 1. The average Bonchev–Trinajstić information content (AvgIpc) is 3.04. The number of ether oxygens (including phenoxy) is 1. The molecule has 0 saturated carbocycles. The topological polar surface area (TPSA) is 156 Å². The van der Waals surface area contributed by atoms with Crippen LogP contribution in [0.25, 0.3) is 0 Å². The molecule has 0 atom stereocenters. The third-order valence-corrected chi connectivity index (χ3v) is 5.17. The van der Waals surface area contributed by atoms with Crippen LogP contribution in [0.2, 0.25) is 0 Å². The Labute approximate surface area is 188 Å². The quantitative estimate of drug-likeness (QED) is 0.146. The minimum absolute atomic E-state index is 0.0163. The van der Waals surface area contributed by atoms with E-state index in [1.807, 2.05) is 0 Å². The zero-order chi connectivity index (χ0) is 24.1. The summed E-state index contributed by atoms with van der Waals surface area (Å²) in [4.78, 5) is 60.2. The Morgan fingerprint density at radius 2 is 1.82 bits per heavy atom. The Morgan fingerprint density at radius 1 is 1.09 bits per heavy atom. The molecule has 1 aliphatic heterocycles. The van der Waals surface area contributed by atoms with Gasteiger partial charge in [-0.05, 0) is 31.0 Å². The molecule has 0 aromatic heterocycles. The number of nitro groups is 1. The van der Waals surface area contributed by atoms with Crippen LogP contribution in [0.4, 0.5) is 11.4 Å². The summed E-state index contributed by atoms with van der Waals surface area (Å²) < 4.78 is 4.57. The maximum atomic E-state index is 12.5. The zero-order valence-electron chi connectivity index (χ0n) is 17.7. The van der Waals surface area contributed by atoms with E-state index in [1.54, 1.807) is 0 Å². The molecule has 0 radical (unpaired) electrons. The average molecular weight is 455 g/mol. The number of phenolic OH excluding ortho intramolecular Hbond substituents is 1. The Bertz CT molecular complexity index is 1140. The van der Waals surface area contributed by atoms with Gasteiger partial charge in [-0.15, -0.1) is 0 Å². The molecule has 0 fully saturated rings. The molecule has 3 amide bonds. The molecule has 172 valence electrons. The SMILES string of the molecule is COC(=O)c1cccc(NC(=O)CCCCCN2C(=O)c3cccc([N+](=O)[O-])c3C2=O)c1O. The van der Waals surface area contributed by atoms with Crippen LogP contribution in [-0.4, -0.2) is 52.3 Å². The van der Waals surface area contributed by atoms with Crippen LogP contribution in [0.5, 0.6) is 5.75 Å². The number of esters is 1. The highest BCUT2D eigenvalue weighted by atomic mass is 16.6. The van der Waals surface area contributed by atoms with E-state index in [0.29, 0.717) is 19.3 Å². The largest absolute Gasteiger partial charge is 0.505 e. The van der Waals surface area contributed by atoms with Gasteiger partial charge in [0.2, 0.25) is 5.91 Å². The van der Waals surface area contributed by atoms with Gasteiger partial charge in [-0.1, -0.05) is 18.6 Å². The van der Waals surface area contributed by atoms with Crippen molar-refractivity contribution in [2.45, 2.75) is 25.7 Å². The first-order valence-corrected chi connectivity index (χ1v) is 10.1. The molecule has 33 heavy (non-hydrogen) atoms. The first-order chi connectivity index (χ1) is 15.8. The van der Waals surface area contributed by atoms with Crippen molar-refractivity contribution in [2.24, 2.45) is 0 Å². The van der Waals surface area contributed by atoms with Gasteiger partial charge in [0.25, 0.3) is 17.5 Å². The van der Waals surface area contributed by atoms with E-state index >= 15 is 0 Å². The summed E-state index contributed by atoms with van der Waals surface area (Å²) in [6.45, 7) is 0.0765. The second-order valence-corrected chi connectivity index (χ2v) is 7.27. The van der Waals surface area contributed by atoms with Crippen LogP contribution in [0.15, 0.2) is 36.4 Å². The fourth-order valence-electron chi connectivity index (χ4n) is 3.53. The Balaban J connectivity index is 1.49. The second-order valence-electron chi connectivity index (χ2n) is 7.27. The number of amides is 3. The zero-order valence-corrected chi connectivity index (χ0v) is 17.7. The monoisotopic (exact) mass is 455 g/mol. The summed E-state index contributed by atoms with van der Waals surface area (Å²) in [5.74, 6) is -2.78. The van der Waals surface area contributed by atoms with Gasteiger partial charge < -0.3 is 15.2 Å². The fraction of sp³-hybridized carbons (Fsp3) is 0.273. The number of carbonyl (C=O) groups is 4. The molecule has 1 aliphatic rings. The summed E-state index contributed by atoms with van der Waals surface area (Å²) in [6, 6.07) is 8.24. The van der Waals surface area contributed by atoms with Crippen molar-refractivity contribution >= 4 is 35.1 Å². The number of imide groups is 1. The molecule has 0 saturated heterocycles. The number of phenols is 1. The number of nitro benzene ring substituents is 1. The lowest BCUT2D eigenvalue weighted by Crippen LogP contribution is -2.30. The number of rotatable bonds is 9. The van der Waals surface area contributed by atoms with Gasteiger partial charge in [-0.25, -0.2) is 4.79 Å². The predicted molar refractivity (Wildman–Crippen MR) is 115 cm³/mol. The fourth-order valence-corrected chi connectivity index (χ4v) is 3.53. The first kappa shape index (κ1) is 23.4. The van der Waals surface area contributed by atoms with Crippen LogP contribution in [0.3, 0.4) is 0 Å². The van der Waals surface area contributed by atoms with Crippen LogP contribution in [-0.2, 0) is 9.53 Å².